The van der Waals surface area contributed by atoms with E-state index >= 15 is 0 Å². The van der Waals surface area contributed by atoms with E-state index in [4.69, 9.17) is 16.3 Å². The molecular formula is C18H22ClN3O6. The third kappa shape index (κ3) is 6.19. The Labute approximate surface area is 166 Å². The molecule has 1 aromatic carbocycles. The van der Waals surface area contributed by atoms with Crippen molar-refractivity contribution in [2.75, 3.05) is 13.2 Å². The Morgan fingerprint density at radius 1 is 1.29 bits per heavy atom. The Bertz CT molecular complexity index is 770. The summed E-state index contributed by atoms with van der Waals surface area (Å²) in [4.78, 5) is 45.8. The zero-order valence-electron chi connectivity index (χ0n) is 15.4. The van der Waals surface area contributed by atoms with Gasteiger partial charge in [-0.1, -0.05) is 31.4 Å². The zero-order valence-corrected chi connectivity index (χ0v) is 16.2. The first-order valence-corrected chi connectivity index (χ1v) is 9.33. The molecule has 1 saturated carbocycles. The topological polar surface area (TPSA) is 128 Å². The SMILES string of the molecule is C[C@H]1CCCC[C@@H]1NC(=O)COC(=O)CNC(=O)c1ccc(Cl)c([N+](=O)[O-])c1. The third-order valence-electron chi connectivity index (χ3n) is 4.62. The highest BCUT2D eigenvalue weighted by molar-refractivity contribution is 6.32. The van der Waals surface area contributed by atoms with E-state index in [0.29, 0.717) is 5.92 Å². The van der Waals surface area contributed by atoms with Gasteiger partial charge in [0.1, 0.15) is 11.6 Å². The lowest BCUT2D eigenvalue weighted by Crippen LogP contribution is -2.43. The average molecular weight is 412 g/mol. The van der Waals surface area contributed by atoms with E-state index in [0.717, 1.165) is 31.7 Å². The van der Waals surface area contributed by atoms with Gasteiger partial charge >= 0.3 is 5.97 Å². The van der Waals surface area contributed by atoms with Crippen LogP contribution in [0.15, 0.2) is 18.2 Å². The minimum atomic E-state index is -0.788. The summed E-state index contributed by atoms with van der Waals surface area (Å²) in [6.45, 7) is 1.18. The number of nitrogens with zero attached hydrogens (tertiary/aromatic N) is 1. The molecule has 0 aliphatic heterocycles. The van der Waals surface area contributed by atoms with Gasteiger partial charge in [-0.05, 0) is 30.9 Å². The van der Waals surface area contributed by atoms with Crippen molar-refractivity contribution in [3.8, 4) is 0 Å². The van der Waals surface area contributed by atoms with Crippen LogP contribution in [-0.2, 0) is 14.3 Å². The van der Waals surface area contributed by atoms with Crippen LogP contribution in [0.4, 0.5) is 5.69 Å². The first-order chi connectivity index (χ1) is 13.3. The second-order valence-electron chi connectivity index (χ2n) is 6.70. The number of hydrogen-bond acceptors (Lipinski definition) is 6. The monoisotopic (exact) mass is 411 g/mol. The molecule has 152 valence electrons. The van der Waals surface area contributed by atoms with Crippen LogP contribution in [0.2, 0.25) is 5.02 Å². The van der Waals surface area contributed by atoms with Crippen LogP contribution < -0.4 is 10.6 Å². The summed E-state index contributed by atoms with van der Waals surface area (Å²) in [7, 11) is 0. The van der Waals surface area contributed by atoms with Crippen molar-refractivity contribution in [3.63, 3.8) is 0 Å². The molecule has 0 unspecified atom stereocenters. The number of benzene rings is 1. The number of hydrogen-bond donors (Lipinski definition) is 2. The van der Waals surface area contributed by atoms with Crippen molar-refractivity contribution in [1.29, 1.82) is 0 Å². The lowest BCUT2D eigenvalue weighted by Gasteiger charge is -2.29. The Hall–Kier alpha value is -2.68. The highest BCUT2D eigenvalue weighted by atomic mass is 35.5. The highest BCUT2D eigenvalue weighted by Gasteiger charge is 2.23. The number of carbonyl (C=O) groups is 3. The molecule has 0 spiro atoms. The fraction of sp³-hybridized carbons (Fsp3) is 0.500. The van der Waals surface area contributed by atoms with Crippen LogP contribution in [0, 0.1) is 16.0 Å². The summed E-state index contributed by atoms with van der Waals surface area (Å²) in [5, 5.41) is 15.9. The van der Waals surface area contributed by atoms with Gasteiger partial charge in [-0.3, -0.25) is 24.5 Å². The summed E-state index contributed by atoms with van der Waals surface area (Å²) >= 11 is 5.69. The second-order valence-corrected chi connectivity index (χ2v) is 7.11. The first-order valence-electron chi connectivity index (χ1n) is 8.95. The van der Waals surface area contributed by atoms with Crippen molar-refractivity contribution in [3.05, 3.63) is 38.9 Å². The molecule has 1 aromatic rings. The average Bonchev–Trinajstić information content (AvgIpc) is 2.66. The Kier molecular flexibility index (Phi) is 7.74. The van der Waals surface area contributed by atoms with Gasteiger partial charge in [0.2, 0.25) is 0 Å². The summed E-state index contributed by atoms with van der Waals surface area (Å²) < 4.78 is 4.85. The highest BCUT2D eigenvalue weighted by Crippen LogP contribution is 2.25. The van der Waals surface area contributed by atoms with Crippen molar-refractivity contribution in [2.24, 2.45) is 5.92 Å². The first kappa shape index (κ1) is 21.6. The molecule has 2 amide bonds. The molecule has 1 fully saturated rings. The lowest BCUT2D eigenvalue weighted by molar-refractivity contribution is -0.384. The minimum Gasteiger partial charge on any atom is -0.454 e. The van der Waals surface area contributed by atoms with Crippen LogP contribution >= 0.6 is 11.6 Å². The molecule has 2 atom stereocenters. The van der Waals surface area contributed by atoms with E-state index in [1.165, 1.54) is 12.1 Å². The molecule has 0 aromatic heterocycles. The smallest absolute Gasteiger partial charge is 0.325 e. The maximum atomic E-state index is 12.0. The molecule has 9 nitrogen and oxygen atoms in total. The van der Waals surface area contributed by atoms with E-state index in [9.17, 15) is 24.5 Å². The maximum absolute atomic E-state index is 12.0. The van der Waals surface area contributed by atoms with Gasteiger partial charge in [-0.15, -0.1) is 0 Å². The molecule has 0 saturated heterocycles. The number of halogens is 1. The van der Waals surface area contributed by atoms with E-state index in [1.54, 1.807) is 0 Å². The fourth-order valence-electron chi connectivity index (χ4n) is 3.02. The molecule has 0 bridgehead atoms. The number of nitrogens with one attached hydrogen (secondary N) is 2. The lowest BCUT2D eigenvalue weighted by atomic mass is 9.86. The van der Waals surface area contributed by atoms with Crippen molar-refractivity contribution < 1.29 is 24.0 Å². The van der Waals surface area contributed by atoms with Crippen molar-refractivity contribution >= 4 is 35.1 Å². The van der Waals surface area contributed by atoms with Gasteiger partial charge in [0.05, 0.1) is 4.92 Å². The summed E-state index contributed by atoms with van der Waals surface area (Å²) in [5.74, 6) is -1.48. The minimum absolute atomic E-state index is 0.0204. The van der Waals surface area contributed by atoms with Crippen molar-refractivity contribution in [1.82, 2.24) is 10.6 Å². The number of nitro groups is 1. The van der Waals surface area contributed by atoms with Gasteiger partial charge in [0.15, 0.2) is 6.61 Å². The number of amides is 2. The Morgan fingerprint density at radius 3 is 2.68 bits per heavy atom. The number of ether oxygens (including phenoxy) is 1. The van der Waals surface area contributed by atoms with Crippen LogP contribution in [0.3, 0.4) is 0 Å². The summed E-state index contributed by atoms with van der Waals surface area (Å²) in [6, 6.07) is 3.63. The van der Waals surface area contributed by atoms with Crippen LogP contribution in [0.1, 0.15) is 43.0 Å². The van der Waals surface area contributed by atoms with Crippen LogP contribution in [-0.4, -0.2) is 41.9 Å². The number of esters is 1. The van der Waals surface area contributed by atoms with E-state index in [2.05, 4.69) is 17.6 Å². The quantitative estimate of drug-likeness (QED) is 0.402. The largest absolute Gasteiger partial charge is 0.454 e. The van der Waals surface area contributed by atoms with E-state index < -0.39 is 35.6 Å². The Morgan fingerprint density at radius 2 is 2.00 bits per heavy atom. The van der Waals surface area contributed by atoms with Gasteiger partial charge in [0, 0.05) is 17.7 Å². The van der Waals surface area contributed by atoms with E-state index in [-0.39, 0.29) is 22.5 Å². The van der Waals surface area contributed by atoms with Gasteiger partial charge in [0.25, 0.3) is 17.5 Å². The van der Waals surface area contributed by atoms with Crippen molar-refractivity contribution in [2.45, 2.75) is 38.6 Å². The zero-order chi connectivity index (χ0) is 20.7. The second kappa shape index (κ2) is 10.0. The number of carbonyl (C=O) groups excluding carboxylic acids is 3. The maximum Gasteiger partial charge on any atom is 0.325 e. The van der Waals surface area contributed by atoms with E-state index in [1.807, 2.05) is 0 Å². The summed E-state index contributed by atoms with van der Waals surface area (Å²) in [6.07, 6.45) is 4.17. The molecule has 0 heterocycles. The summed E-state index contributed by atoms with van der Waals surface area (Å²) in [5.41, 5.74) is -0.432. The van der Waals surface area contributed by atoms with Gasteiger partial charge in [-0.2, -0.15) is 0 Å². The molecule has 1 aliphatic carbocycles. The van der Waals surface area contributed by atoms with Crippen LogP contribution in [0.25, 0.3) is 0 Å². The Balaban J connectivity index is 1.76. The number of rotatable bonds is 7. The molecule has 2 N–H and O–H groups in total. The molecule has 1 aliphatic rings. The predicted molar refractivity (Wildman–Crippen MR) is 101 cm³/mol. The normalized spacial score (nSPS) is 18.8. The molecular weight excluding hydrogens is 390 g/mol. The van der Waals surface area contributed by atoms with Gasteiger partial charge < -0.3 is 15.4 Å². The molecule has 0 radical (unpaired) electrons. The predicted octanol–water partition coefficient (Wildman–Crippen LogP) is 2.22. The fourth-order valence-corrected chi connectivity index (χ4v) is 3.21. The third-order valence-corrected chi connectivity index (χ3v) is 4.94. The molecule has 28 heavy (non-hydrogen) atoms. The molecule has 10 heteroatoms. The van der Waals surface area contributed by atoms with Gasteiger partial charge in [-0.25, -0.2) is 0 Å². The van der Waals surface area contributed by atoms with Crippen LogP contribution in [0.5, 0.6) is 0 Å². The number of nitro benzene ring substituents is 1. The molecule has 2 rings (SSSR count). The standard InChI is InChI=1S/C18H22ClN3O6/c1-11-4-2-3-5-14(11)21-16(23)10-28-17(24)9-20-18(25)12-6-7-13(19)15(8-12)22(26)27/h6-8,11,14H,2-5,9-10H2,1H3,(H,20,25)(H,21,23)/t11-,14-/m0/s1.